The first-order valence-electron chi connectivity index (χ1n) is 8.76. The Morgan fingerprint density at radius 2 is 1.92 bits per heavy atom. The SMILES string of the molecule is CCNC(=NCc1ccc(OC)cc1)NCCc1nc(CC)c(C)s1.I. The van der Waals surface area contributed by atoms with E-state index >= 15 is 0 Å². The number of nitrogens with one attached hydrogen (secondary N) is 2. The van der Waals surface area contributed by atoms with Gasteiger partial charge in [0.15, 0.2) is 5.96 Å². The topological polar surface area (TPSA) is 58.5 Å². The lowest BCUT2D eigenvalue weighted by Gasteiger charge is -2.10. The normalized spacial score (nSPS) is 11.0. The minimum Gasteiger partial charge on any atom is -0.497 e. The van der Waals surface area contributed by atoms with E-state index in [-0.39, 0.29) is 24.0 Å². The van der Waals surface area contributed by atoms with E-state index in [0.717, 1.165) is 43.2 Å². The number of rotatable bonds is 8. The minimum atomic E-state index is 0. The molecule has 2 N–H and O–H groups in total. The fourth-order valence-corrected chi connectivity index (χ4v) is 3.47. The van der Waals surface area contributed by atoms with Crippen LogP contribution in [0.4, 0.5) is 0 Å². The summed E-state index contributed by atoms with van der Waals surface area (Å²) in [6, 6.07) is 8.00. The Balaban J connectivity index is 0.00000338. The van der Waals surface area contributed by atoms with E-state index in [1.165, 1.54) is 15.6 Å². The van der Waals surface area contributed by atoms with Crippen molar-refractivity contribution in [3.8, 4) is 5.75 Å². The Morgan fingerprint density at radius 1 is 1.19 bits per heavy atom. The summed E-state index contributed by atoms with van der Waals surface area (Å²) in [5.74, 6) is 1.70. The van der Waals surface area contributed by atoms with Crippen molar-refractivity contribution in [1.82, 2.24) is 15.6 Å². The quantitative estimate of drug-likeness (QED) is 0.336. The van der Waals surface area contributed by atoms with Crippen LogP contribution in [-0.4, -0.2) is 31.1 Å². The van der Waals surface area contributed by atoms with Crippen LogP contribution in [0.2, 0.25) is 0 Å². The zero-order valence-corrected chi connectivity index (χ0v) is 19.1. The van der Waals surface area contributed by atoms with E-state index in [1.54, 1.807) is 18.4 Å². The Kier molecular flexibility index (Phi) is 10.6. The molecule has 0 radical (unpaired) electrons. The Labute approximate surface area is 177 Å². The highest BCUT2D eigenvalue weighted by Crippen LogP contribution is 2.18. The van der Waals surface area contributed by atoms with E-state index in [0.29, 0.717) is 6.54 Å². The fourth-order valence-electron chi connectivity index (χ4n) is 2.45. The third kappa shape index (κ3) is 7.11. The molecule has 0 saturated heterocycles. The van der Waals surface area contributed by atoms with Gasteiger partial charge in [-0.2, -0.15) is 0 Å². The third-order valence-electron chi connectivity index (χ3n) is 3.83. The van der Waals surface area contributed by atoms with Crippen LogP contribution in [0.1, 0.15) is 35.0 Å². The second-order valence-electron chi connectivity index (χ2n) is 5.68. The van der Waals surface area contributed by atoms with Gasteiger partial charge < -0.3 is 15.4 Å². The molecule has 26 heavy (non-hydrogen) atoms. The Hall–Kier alpha value is -1.35. The molecule has 7 heteroatoms. The molecule has 0 aliphatic heterocycles. The molecule has 1 aromatic heterocycles. The number of benzene rings is 1. The molecule has 1 aromatic carbocycles. The number of hydrogen-bond acceptors (Lipinski definition) is 4. The summed E-state index contributed by atoms with van der Waals surface area (Å²) in [6.07, 6.45) is 1.92. The number of nitrogens with zero attached hydrogens (tertiary/aromatic N) is 2. The number of methoxy groups -OCH3 is 1. The maximum atomic E-state index is 5.18. The molecular formula is C19H29IN4OS. The van der Waals surface area contributed by atoms with Crippen LogP contribution in [0.5, 0.6) is 5.75 Å². The zero-order chi connectivity index (χ0) is 18.1. The van der Waals surface area contributed by atoms with Gasteiger partial charge in [0.2, 0.25) is 0 Å². The van der Waals surface area contributed by atoms with E-state index < -0.39 is 0 Å². The van der Waals surface area contributed by atoms with Crippen LogP contribution < -0.4 is 15.4 Å². The first-order valence-corrected chi connectivity index (χ1v) is 9.58. The number of halogens is 1. The molecule has 0 unspecified atom stereocenters. The molecule has 5 nitrogen and oxygen atoms in total. The molecule has 0 aliphatic rings. The van der Waals surface area contributed by atoms with Gasteiger partial charge in [-0.05, 0) is 38.0 Å². The lowest BCUT2D eigenvalue weighted by Crippen LogP contribution is -2.38. The minimum absolute atomic E-state index is 0. The number of aromatic nitrogens is 1. The van der Waals surface area contributed by atoms with Gasteiger partial charge in [-0.25, -0.2) is 9.98 Å². The maximum absolute atomic E-state index is 5.18. The second-order valence-corrected chi connectivity index (χ2v) is 6.97. The largest absolute Gasteiger partial charge is 0.497 e. The van der Waals surface area contributed by atoms with Gasteiger partial charge in [-0.1, -0.05) is 19.1 Å². The lowest BCUT2D eigenvalue weighted by molar-refractivity contribution is 0.414. The molecule has 0 bridgehead atoms. The first kappa shape index (κ1) is 22.7. The summed E-state index contributed by atoms with van der Waals surface area (Å²) in [5.41, 5.74) is 2.38. The Bertz CT molecular complexity index is 685. The van der Waals surface area contributed by atoms with Crippen LogP contribution in [-0.2, 0) is 19.4 Å². The number of aryl methyl sites for hydroxylation is 2. The molecule has 0 amide bonds. The Morgan fingerprint density at radius 3 is 2.50 bits per heavy atom. The smallest absolute Gasteiger partial charge is 0.191 e. The van der Waals surface area contributed by atoms with Crippen molar-refractivity contribution in [2.45, 2.75) is 40.2 Å². The number of ether oxygens (including phenoxy) is 1. The van der Waals surface area contributed by atoms with Crippen molar-refractivity contribution in [1.29, 1.82) is 0 Å². The van der Waals surface area contributed by atoms with Gasteiger partial charge in [-0.3, -0.25) is 0 Å². The van der Waals surface area contributed by atoms with Crippen molar-refractivity contribution in [3.63, 3.8) is 0 Å². The molecule has 1 heterocycles. The summed E-state index contributed by atoms with van der Waals surface area (Å²) >= 11 is 1.79. The highest BCUT2D eigenvalue weighted by atomic mass is 127. The summed E-state index contributed by atoms with van der Waals surface area (Å²) in [7, 11) is 1.67. The van der Waals surface area contributed by atoms with Crippen LogP contribution in [0, 0.1) is 6.92 Å². The standard InChI is InChI=1S/C19H28N4OS.HI/c1-5-17-14(3)25-18(23-17)11-12-21-19(20-6-2)22-13-15-7-9-16(24-4)10-8-15;/h7-10H,5-6,11-13H2,1-4H3,(H2,20,21,22);1H. The number of hydrogen-bond donors (Lipinski definition) is 2. The third-order valence-corrected chi connectivity index (χ3v) is 4.90. The van der Waals surface area contributed by atoms with Crippen molar-refractivity contribution >= 4 is 41.3 Å². The van der Waals surface area contributed by atoms with Gasteiger partial charge in [0.05, 0.1) is 24.4 Å². The molecule has 0 saturated carbocycles. The summed E-state index contributed by atoms with van der Waals surface area (Å²) in [5, 5.41) is 7.86. The van der Waals surface area contributed by atoms with Crippen LogP contribution in [0.15, 0.2) is 29.3 Å². The number of aliphatic imine (C=N–C) groups is 1. The molecule has 0 aliphatic carbocycles. The highest BCUT2D eigenvalue weighted by Gasteiger charge is 2.06. The van der Waals surface area contributed by atoms with Crippen LogP contribution in [0.25, 0.3) is 0 Å². The van der Waals surface area contributed by atoms with E-state index in [1.807, 2.05) is 24.3 Å². The fraction of sp³-hybridized carbons (Fsp3) is 0.474. The average molecular weight is 488 g/mol. The summed E-state index contributed by atoms with van der Waals surface area (Å²) in [4.78, 5) is 10.7. The first-order chi connectivity index (χ1) is 12.2. The molecule has 0 atom stereocenters. The van der Waals surface area contributed by atoms with Gasteiger partial charge in [-0.15, -0.1) is 35.3 Å². The van der Waals surface area contributed by atoms with Gasteiger partial charge >= 0.3 is 0 Å². The van der Waals surface area contributed by atoms with Crippen LogP contribution in [0.3, 0.4) is 0 Å². The second kappa shape index (κ2) is 12.1. The van der Waals surface area contributed by atoms with Crippen molar-refractivity contribution in [3.05, 3.63) is 45.4 Å². The molecular weight excluding hydrogens is 459 g/mol. The van der Waals surface area contributed by atoms with Gasteiger partial charge in [0.1, 0.15) is 5.75 Å². The van der Waals surface area contributed by atoms with Gasteiger partial charge in [0, 0.05) is 24.4 Å². The summed E-state index contributed by atoms with van der Waals surface area (Å²) < 4.78 is 5.18. The predicted molar refractivity (Wildman–Crippen MR) is 121 cm³/mol. The maximum Gasteiger partial charge on any atom is 0.191 e. The van der Waals surface area contributed by atoms with E-state index in [9.17, 15) is 0 Å². The van der Waals surface area contributed by atoms with Crippen molar-refractivity contribution in [2.24, 2.45) is 4.99 Å². The van der Waals surface area contributed by atoms with Crippen molar-refractivity contribution in [2.75, 3.05) is 20.2 Å². The monoisotopic (exact) mass is 488 g/mol. The van der Waals surface area contributed by atoms with Crippen molar-refractivity contribution < 1.29 is 4.74 Å². The lowest BCUT2D eigenvalue weighted by atomic mass is 10.2. The van der Waals surface area contributed by atoms with E-state index in [2.05, 4.69) is 41.4 Å². The number of guanidine groups is 1. The molecule has 2 aromatic rings. The van der Waals surface area contributed by atoms with Crippen LogP contribution >= 0.6 is 35.3 Å². The molecule has 144 valence electrons. The molecule has 0 spiro atoms. The highest BCUT2D eigenvalue weighted by molar-refractivity contribution is 14.0. The summed E-state index contributed by atoms with van der Waals surface area (Å²) in [6.45, 7) is 8.67. The molecule has 0 fully saturated rings. The predicted octanol–water partition coefficient (Wildman–Crippen LogP) is 3.94. The zero-order valence-electron chi connectivity index (χ0n) is 16.0. The van der Waals surface area contributed by atoms with E-state index in [4.69, 9.17) is 4.74 Å². The van der Waals surface area contributed by atoms with Gasteiger partial charge in [0.25, 0.3) is 0 Å². The number of thiazole rings is 1. The molecule has 2 rings (SSSR count). The average Bonchev–Trinajstić information content (AvgIpc) is 2.99.